The molecule has 0 saturated heterocycles. The van der Waals surface area contributed by atoms with Crippen molar-refractivity contribution in [3.05, 3.63) is 47.5 Å². The van der Waals surface area contributed by atoms with Crippen LogP contribution < -0.4 is 0 Å². The zero-order valence-corrected chi connectivity index (χ0v) is 10.0. The van der Waals surface area contributed by atoms with Gasteiger partial charge in [-0.2, -0.15) is 0 Å². The van der Waals surface area contributed by atoms with Gasteiger partial charge in [0.25, 0.3) is 0 Å². The first kappa shape index (κ1) is 11.0. The lowest BCUT2D eigenvalue weighted by molar-refractivity contribution is 0.101. The van der Waals surface area contributed by atoms with Crippen LogP contribution in [0.2, 0.25) is 0 Å². The van der Waals surface area contributed by atoms with Crippen LogP contribution in [-0.2, 0) is 6.61 Å². The molecule has 2 N–H and O–H groups in total. The van der Waals surface area contributed by atoms with Gasteiger partial charge in [-0.05, 0) is 24.6 Å². The van der Waals surface area contributed by atoms with Crippen LogP contribution in [0.15, 0.2) is 36.4 Å². The van der Waals surface area contributed by atoms with Crippen molar-refractivity contribution in [1.29, 1.82) is 0 Å². The summed E-state index contributed by atoms with van der Waals surface area (Å²) >= 11 is 0. The Morgan fingerprint density at radius 3 is 2.44 bits per heavy atom. The highest BCUT2D eigenvalue weighted by molar-refractivity contribution is 6.09. The second-order valence-corrected chi connectivity index (χ2v) is 4.48. The van der Waals surface area contributed by atoms with Gasteiger partial charge in [0, 0.05) is 27.4 Å². The van der Waals surface area contributed by atoms with Gasteiger partial charge < -0.3 is 10.1 Å². The van der Waals surface area contributed by atoms with E-state index in [1.54, 1.807) is 6.92 Å². The first-order valence-corrected chi connectivity index (χ1v) is 5.85. The van der Waals surface area contributed by atoms with E-state index in [-0.39, 0.29) is 12.4 Å². The second kappa shape index (κ2) is 3.96. The Bertz CT molecular complexity index is 756. The smallest absolute Gasteiger partial charge is 0.159 e. The minimum atomic E-state index is 0.0317. The molecule has 0 unspecified atom stereocenters. The molecule has 3 aromatic rings. The fraction of sp³-hybridized carbons (Fsp3) is 0.133. The number of rotatable bonds is 2. The van der Waals surface area contributed by atoms with Crippen LogP contribution in [0.1, 0.15) is 22.8 Å². The molecule has 3 heteroatoms. The molecule has 0 saturated carbocycles. The lowest BCUT2D eigenvalue weighted by Crippen LogP contribution is -1.90. The summed E-state index contributed by atoms with van der Waals surface area (Å²) in [5, 5.41) is 11.3. The molecule has 0 atom stereocenters. The van der Waals surface area contributed by atoms with E-state index in [1.165, 1.54) is 0 Å². The molecule has 0 fully saturated rings. The van der Waals surface area contributed by atoms with Gasteiger partial charge in [-0.15, -0.1) is 0 Å². The topological polar surface area (TPSA) is 53.1 Å². The number of aliphatic hydroxyl groups is 1. The molecular formula is C15H13NO2. The van der Waals surface area contributed by atoms with Crippen molar-refractivity contribution in [3.8, 4) is 0 Å². The third-order valence-corrected chi connectivity index (χ3v) is 3.25. The maximum atomic E-state index is 11.4. The number of H-pyrrole nitrogens is 1. The van der Waals surface area contributed by atoms with Crippen molar-refractivity contribution in [2.24, 2.45) is 0 Å². The van der Waals surface area contributed by atoms with Crippen LogP contribution in [0.4, 0.5) is 0 Å². The first-order valence-electron chi connectivity index (χ1n) is 5.85. The van der Waals surface area contributed by atoms with E-state index in [4.69, 9.17) is 5.11 Å². The molecule has 0 spiro atoms. The molecule has 3 rings (SSSR count). The third-order valence-electron chi connectivity index (χ3n) is 3.25. The van der Waals surface area contributed by atoms with E-state index in [0.717, 1.165) is 27.4 Å². The van der Waals surface area contributed by atoms with Gasteiger partial charge in [0.1, 0.15) is 0 Å². The highest BCUT2D eigenvalue weighted by Gasteiger charge is 2.07. The van der Waals surface area contributed by atoms with Gasteiger partial charge in [-0.25, -0.2) is 0 Å². The second-order valence-electron chi connectivity index (χ2n) is 4.48. The van der Waals surface area contributed by atoms with E-state index in [2.05, 4.69) is 4.98 Å². The van der Waals surface area contributed by atoms with E-state index < -0.39 is 0 Å². The van der Waals surface area contributed by atoms with Crippen molar-refractivity contribution in [2.75, 3.05) is 0 Å². The maximum absolute atomic E-state index is 11.4. The van der Waals surface area contributed by atoms with Crippen molar-refractivity contribution >= 4 is 27.6 Å². The Hall–Kier alpha value is -2.13. The molecule has 0 aliphatic rings. The van der Waals surface area contributed by atoms with Crippen LogP contribution >= 0.6 is 0 Å². The summed E-state index contributed by atoms with van der Waals surface area (Å²) in [5.41, 5.74) is 3.52. The molecule has 0 radical (unpaired) electrons. The quantitative estimate of drug-likeness (QED) is 0.675. The van der Waals surface area contributed by atoms with E-state index >= 15 is 0 Å². The number of carbonyl (C=O) groups excluding carboxylic acids is 1. The number of hydrogen-bond acceptors (Lipinski definition) is 2. The third kappa shape index (κ3) is 1.60. The molecule has 3 nitrogen and oxygen atoms in total. The highest BCUT2D eigenvalue weighted by atomic mass is 16.3. The normalized spacial score (nSPS) is 11.2. The molecule has 90 valence electrons. The summed E-state index contributed by atoms with van der Waals surface area (Å²) in [6.07, 6.45) is 0. The summed E-state index contributed by atoms with van der Waals surface area (Å²) in [5.74, 6) is 0.0617. The molecule has 0 aliphatic carbocycles. The van der Waals surface area contributed by atoms with Gasteiger partial charge in [-0.3, -0.25) is 4.79 Å². The molecule has 1 aromatic heterocycles. The molecule has 0 amide bonds. The number of ketones is 1. The minimum absolute atomic E-state index is 0.0317. The molecule has 2 aromatic carbocycles. The van der Waals surface area contributed by atoms with Gasteiger partial charge in [0.05, 0.1) is 6.61 Å². The molecule has 18 heavy (non-hydrogen) atoms. The van der Waals surface area contributed by atoms with E-state index in [9.17, 15) is 4.79 Å². The number of nitrogens with one attached hydrogen (secondary N) is 1. The lowest BCUT2D eigenvalue weighted by Gasteiger charge is -1.96. The summed E-state index contributed by atoms with van der Waals surface area (Å²) < 4.78 is 0. The lowest BCUT2D eigenvalue weighted by atomic mass is 10.1. The van der Waals surface area contributed by atoms with Crippen molar-refractivity contribution in [2.45, 2.75) is 13.5 Å². The Morgan fingerprint density at radius 1 is 1.11 bits per heavy atom. The summed E-state index contributed by atoms with van der Waals surface area (Å²) in [7, 11) is 0. The highest BCUT2D eigenvalue weighted by Crippen LogP contribution is 2.27. The number of fused-ring (bicyclic) bond motifs is 3. The summed E-state index contributed by atoms with van der Waals surface area (Å²) in [6.45, 7) is 1.59. The van der Waals surface area contributed by atoms with Crippen LogP contribution in [-0.4, -0.2) is 15.9 Å². The Balaban J connectivity index is 2.31. The maximum Gasteiger partial charge on any atom is 0.159 e. The largest absolute Gasteiger partial charge is 0.392 e. The van der Waals surface area contributed by atoms with Crippen LogP contribution in [0.5, 0.6) is 0 Å². The summed E-state index contributed by atoms with van der Waals surface area (Å²) in [6, 6.07) is 11.5. The number of aromatic nitrogens is 1. The van der Waals surface area contributed by atoms with Crippen LogP contribution in [0, 0.1) is 0 Å². The fourth-order valence-corrected chi connectivity index (χ4v) is 2.27. The van der Waals surface area contributed by atoms with Gasteiger partial charge in [0.2, 0.25) is 0 Å². The zero-order valence-electron chi connectivity index (χ0n) is 10.0. The first-order chi connectivity index (χ1) is 8.69. The SMILES string of the molecule is CC(=O)c1ccc2c(c1)[nH]c1cc(CO)ccc12. The van der Waals surface area contributed by atoms with Gasteiger partial charge in [-0.1, -0.05) is 24.3 Å². The van der Waals surface area contributed by atoms with E-state index in [0.29, 0.717) is 5.56 Å². The van der Waals surface area contributed by atoms with Gasteiger partial charge >= 0.3 is 0 Å². The monoisotopic (exact) mass is 239 g/mol. The number of Topliss-reactive ketones (excluding diaryl/α,β-unsaturated/α-hetero) is 1. The predicted molar refractivity (Wildman–Crippen MR) is 71.7 cm³/mol. The van der Waals surface area contributed by atoms with Gasteiger partial charge in [0.15, 0.2) is 5.78 Å². The average Bonchev–Trinajstić information content (AvgIpc) is 2.74. The zero-order chi connectivity index (χ0) is 12.7. The Labute approximate surface area is 104 Å². The molecule has 0 bridgehead atoms. The van der Waals surface area contributed by atoms with Crippen molar-refractivity contribution in [1.82, 2.24) is 4.98 Å². The number of hydrogen-bond donors (Lipinski definition) is 2. The fourth-order valence-electron chi connectivity index (χ4n) is 2.27. The molecule has 1 heterocycles. The predicted octanol–water partition coefficient (Wildman–Crippen LogP) is 3.02. The standard InChI is InChI=1S/C15H13NO2/c1-9(18)11-3-5-13-12-4-2-10(8-17)6-14(12)16-15(13)7-11/h2-7,16-17H,8H2,1H3. The Morgan fingerprint density at radius 2 is 1.78 bits per heavy atom. The van der Waals surface area contributed by atoms with Crippen LogP contribution in [0.3, 0.4) is 0 Å². The minimum Gasteiger partial charge on any atom is -0.392 e. The average molecular weight is 239 g/mol. The van der Waals surface area contributed by atoms with Crippen molar-refractivity contribution < 1.29 is 9.90 Å². The molecule has 0 aliphatic heterocycles. The summed E-state index contributed by atoms with van der Waals surface area (Å²) in [4.78, 5) is 14.6. The Kier molecular flexibility index (Phi) is 2.42. The number of aromatic amines is 1. The number of benzene rings is 2. The number of aliphatic hydroxyl groups excluding tert-OH is 1. The molecular weight excluding hydrogens is 226 g/mol. The van der Waals surface area contributed by atoms with E-state index in [1.807, 2.05) is 36.4 Å². The number of carbonyl (C=O) groups is 1. The van der Waals surface area contributed by atoms with Crippen LogP contribution in [0.25, 0.3) is 21.8 Å². The van der Waals surface area contributed by atoms with Crippen molar-refractivity contribution in [3.63, 3.8) is 0 Å².